The number of aromatic nitrogens is 2. The zero-order valence-corrected chi connectivity index (χ0v) is 10.4. The number of amides is 1. The van der Waals surface area contributed by atoms with Crippen molar-refractivity contribution in [2.75, 3.05) is 5.32 Å². The molecule has 2 rings (SSSR count). The standard InChI is InChI=1S/C13H12F3N3O/c14-13(15,16)9-1-3-10(4-2-9)19-12(20)6-5-11-7-17-8-18-11/h1-4,7-8H,5-6H2,(H,17,18)(H,19,20). The normalized spacial score (nSPS) is 11.3. The van der Waals surface area contributed by atoms with Crippen LogP contribution < -0.4 is 5.32 Å². The number of aryl methyl sites for hydroxylation is 1. The lowest BCUT2D eigenvalue weighted by Gasteiger charge is -2.08. The first-order valence-corrected chi connectivity index (χ1v) is 5.89. The Morgan fingerprint density at radius 1 is 1.25 bits per heavy atom. The van der Waals surface area contributed by atoms with Gasteiger partial charge in [0.15, 0.2) is 0 Å². The molecule has 2 N–H and O–H groups in total. The second-order valence-electron chi connectivity index (χ2n) is 4.20. The van der Waals surface area contributed by atoms with Crippen LogP contribution in [0.5, 0.6) is 0 Å². The molecule has 20 heavy (non-hydrogen) atoms. The summed E-state index contributed by atoms with van der Waals surface area (Å²) in [6.45, 7) is 0. The van der Waals surface area contributed by atoms with E-state index in [0.717, 1.165) is 17.8 Å². The van der Waals surface area contributed by atoms with Gasteiger partial charge in [0, 0.05) is 24.0 Å². The summed E-state index contributed by atoms with van der Waals surface area (Å²) in [5.74, 6) is -0.264. The Labute approximate surface area is 113 Å². The van der Waals surface area contributed by atoms with E-state index in [9.17, 15) is 18.0 Å². The van der Waals surface area contributed by atoms with Gasteiger partial charge in [-0.2, -0.15) is 13.2 Å². The molecule has 1 amide bonds. The topological polar surface area (TPSA) is 57.8 Å². The van der Waals surface area contributed by atoms with Crippen LogP contribution >= 0.6 is 0 Å². The van der Waals surface area contributed by atoms with Crippen LogP contribution in [0.2, 0.25) is 0 Å². The smallest absolute Gasteiger partial charge is 0.348 e. The summed E-state index contributed by atoms with van der Waals surface area (Å²) in [5.41, 5.74) is 0.424. The Hall–Kier alpha value is -2.31. The van der Waals surface area contributed by atoms with Gasteiger partial charge in [-0.1, -0.05) is 0 Å². The Balaban J connectivity index is 1.88. The van der Waals surface area contributed by atoms with Gasteiger partial charge in [-0.3, -0.25) is 4.79 Å². The third-order valence-electron chi connectivity index (χ3n) is 2.67. The van der Waals surface area contributed by atoms with E-state index in [1.807, 2.05) is 0 Å². The van der Waals surface area contributed by atoms with Crippen molar-refractivity contribution >= 4 is 11.6 Å². The van der Waals surface area contributed by atoms with Crippen molar-refractivity contribution in [1.82, 2.24) is 9.97 Å². The molecular formula is C13H12F3N3O. The fourth-order valence-electron chi connectivity index (χ4n) is 1.64. The lowest BCUT2D eigenvalue weighted by Crippen LogP contribution is -2.13. The van der Waals surface area contributed by atoms with Crippen molar-refractivity contribution in [3.05, 3.63) is 48.0 Å². The number of hydrogen-bond donors (Lipinski definition) is 2. The van der Waals surface area contributed by atoms with Crippen LogP contribution in [0, 0.1) is 0 Å². The monoisotopic (exact) mass is 283 g/mol. The van der Waals surface area contributed by atoms with Crippen LogP contribution in [-0.4, -0.2) is 15.9 Å². The highest BCUT2D eigenvalue weighted by Gasteiger charge is 2.29. The Kier molecular flexibility index (Phi) is 4.07. The number of carbonyl (C=O) groups is 1. The molecule has 1 heterocycles. The van der Waals surface area contributed by atoms with Crippen molar-refractivity contribution < 1.29 is 18.0 Å². The highest BCUT2D eigenvalue weighted by atomic mass is 19.4. The molecule has 4 nitrogen and oxygen atoms in total. The van der Waals surface area contributed by atoms with E-state index in [1.165, 1.54) is 18.5 Å². The summed E-state index contributed by atoms with van der Waals surface area (Å²) in [6.07, 6.45) is -0.520. The van der Waals surface area contributed by atoms with Crippen molar-refractivity contribution in [3.8, 4) is 0 Å². The van der Waals surface area contributed by atoms with E-state index < -0.39 is 11.7 Å². The van der Waals surface area contributed by atoms with Gasteiger partial charge in [-0.05, 0) is 30.7 Å². The molecule has 2 aromatic rings. The van der Waals surface area contributed by atoms with Gasteiger partial charge in [0.2, 0.25) is 5.91 Å². The number of imidazole rings is 1. The number of alkyl halides is 3. The minimum atomic E-state index is -4.37. The summed E-state index contributed by atoms with van der Waals surface area (Å²) in [7, 11) is 0. The van der Waals surface area contributed by atoms with Gasteiger partial charge in [0.1, 0.15) is 0 Å². The molecule has 0 radical (unpaired) electrons. The number of rotatable bonds is 4. The maximum atomic E-state index is 12.4. The number of benzene rings is 1. The van der Waals surface area contributed by atoms with E-state index in [4.69, 9.17) is 0 Å². The zero-order chi connectivity index (χ0) is 14.6. The van der Waals surface area contributed by atoms with Gasteiger partial charge in [-0.15, -0.1) is 0 Å². The molecule has 0 spiro atoms. The molecule has 0 fully saturated rings. The molecule has 0 aliphatic carbocycles. The van der Waals surface area contributed by atoms with E-state index in [0.29, 0.717) is 12.1 Å². The minimum Gasteiger partial charge on any atom is -0.348 e. The molecule has 0 aliphatic rings. The van der Waals surface area contributed by atoms with Crippen LogP contribution in [0.15, 0.2) is 36.8 Å². The van der Waals surface area contributed by atoms with Gasteiger partial charge >= 0.3 is 6.18 Å². The van der Waals surface area contributed by atoms with Crippen LogP contribution in [0.1, 0.15) is 17.7 Å². The van der Waals surface area contributed by atoms with Crippen molar-refractivity contribution in [1.29, 1.82) is 0 Å². The van der Waals surface area contributed by atoms with Gasteiger partial charge in [-0.25, -0.2) is 4.98 Å². The number of aromatic amines is 1. The number of nitrogens with one attached hydrogen (secondary N) is 2. The lowest BCUT2D eigenvalue weighted by molar-refractivity contribution is -0.137. The minimum absolute atomic E-state index is 0.225. The summed E-state index contributed by atoms with van der Waals surface area (Å²) in [6, 6.07) is 4.34. The summed E-state index contributed by atoms with van der Waals surface area (Å²) >= 11 is 0. The SMILES string of the molecule is O=C(CCc1cnc[nH]1)Nc1ccc(C(F)(F)F)cc1. The number of halogens is 3. The summed E-state index contributed by atoms with van der Waals surface area (Å²) < 4.78 is 37.1. The molecular weight excluding hydrogens is 271 g/mol. The number of carbonyl (C=O) groups excluding carboxylic acids is 1. The van der Waals surface area contributed by atoms with Crippen LogP contribution in [0.4, 0.5) is 18.9 Å². The zero-order valence-electron chi connectivity index (χ0n) is 10.4. The molecule has 7 heteroatoms. The second-order valence-corrected chi connectivity index (χ2v) is 4.20. The molecule has 1 aromatic heterocycles. The van der Waals surface area contributed by atoms with Gasteiger partial charge < -0.3 is 10.3 Å². The van der Waals surface area contributed by atoms with Crippen molar-refractivity contribution in [3.63, 3.8) is 0 Å². The second kappa shape index (κ2) is 5.77. The third kappa shape index (κ3) is 3.84. The number of hydrogen-bond acceptors (Lipinski definition) is 2. The molecule has 1 aromatic carbocycles. The predicted octanol–water partition coefficient (Wildman–Crippen LogP) is 3.00. The van der Waals surface area contributed by atoms with Gasteiger partial charge in [0.05, 0.1) is 11.9 Å². The highest BCUT2D eigenvalue weighted by Crippen LogP contribution is 2.29. The average Bonchev–Trinajstić information content (AvgIpc) is 2.89. The summed E-state index contributed by atoms with van der Waals surface area (Å²) in [5, 5.41) is 2.54. The van der Waals surface area contributed by atoms with Crippen molar-refractivity contribution in [2.24, 2.45) is 0 Å². The Morgan fingerprint density at radius 2 is 1.95 bits per heavy atom. The maximum Gasteiger partial charge on any atom is 0.416 e. The van der Waals surface area contributed by atoms with E-state index in [1.54, 1.807) is 6.20 Å². The third-order valence-corrected chi connectivity index (χ3v) is 2.67. The van der Waals surface area contributed by atoms with Crippen LogP contribution in [-0.2, 0) is 17.4 Å². The molecule has 0 unspecified atom stereocenters. The summed E-state index contributed by atoms with van der Waals surface area (Å²) in [4.78, 5) is 18.3. The lowest BCUT2D eigenvalue weighted by atomic mass is 10.2. The fourth-order valence-corrected chi connectivity index (χ4v) is 1.64. The first-order valence-electron chi connectivity index (χ1n) is 5.89. The van der Waals surface area contributed by atoms with Crippen molar-refractivity contribution in [2.45, 2.75) is 19.0 Å². The fraction of sp³-hybridized carbons (Fsp3) is 0.231. The Morgan fingerprint density at radius 3 is 2.50 bits per heavy atom. The first kappa shape index (κ1) is 14.1. The highest BCUT2D eigenvalue weighted by molar-refractivity contribution is 5.90. The van der Waals surface area contributed by atoms with E-state index in [-0.39, 0.29) is 12.3 Å². The quantitative estimate of drug-likeness (QED) is 0.906. The Bertz CT molecular complexity index is 562. The number of H-pyrrole nitrogens is 1. The van der Waals surface area contributed by atoms with Gasteiger partial charge in [0.25, 0.3) is 0 Å². The molecule has 0 aliphatic heterocycles. The molecule has 0 atom stereocenters. The first-order chi connectivity index (χ1) is 9.45. The van der Waals surface area contributed by atoms with Crippen LogP contribution in [0.3, 0.4) is 0 Å². The predicted molar refractivity (Wildman–Crippen MR) is 67.0 cm³/mol. The van der Waals surface area contributed by atoms with E-state index >= 15 is 0 Å². The largest absolute Gasteiger partial charge is 0.416 e. The molecule has 0 saturated carbocycles. The molecule has 106 valence electrons. The van der Waals surface area contributed by atoms with E-state index in [2.05, 4.69) is 15.3 Å². The maximum absolute atomic E-state index is 12.4. The molecule has 0 bridgehead atoms. The molecule has 0 saturated heterocycles. The number of anilines is 1. The van der Waals surface area contributed by atoms with Crippen LogP contribution in [0.25, 0.3) is 0 Å². The number of nitrogens with zero attached hydrogens (tertiary/aromatic N) is 1. The average molecular weight is 283 g/mol.